The van der Waals surface area contributed by atoms with E-state index in [2.05, 4.69) is 181 Å². The third-order valence-corrected chi connectivity index (χ3v) is 9.80. The smallest absolute Gasteiger partial charge is 0.137 e. The normalized spacial score (nSPS) is 11.8. The predicted octanol–water partition coefficient (Wildman–Crippen LogP) is 13.3. The van der Waals surface area contributed by atoms with Gasteiger partial charge in [0.1, 0.15) is 11.2 Å². The summed E-state index contributed by atoms with van der Waals surface area (Å²) >= 11 is 0. The van der Waals surface area contributed by atoms with E-state index in [0.29, 0.717) is 0 Å². The van der Waals surface area contributed by atoms with Gasteiger partial charge in [0.2, 0.25) is 0 Å². The van der Waals surface area contributed by atoms with Crippen LogP contribution in [0.1, 0.15) is 0 Å². The first-order chi connectivity index (χ1) is 23.8. The van der Waals surface area contributed by atoms with E-state index in [1.807, 2.05) is 0 Å². The van der Waals surface area contributed by atoms with E-state index in [-0.39, 0.29) is 0 Å². The largest absolute Gasteiger partial charge is 0.456 e. The molecule has 0 saturated carbocycles. The van der Waals surface area contributed by atoms with Crippen molar-refractivity contribution in [3.63, 3.8) is 0 Å². The summed E-state index contributed by atoms with van der Waals surface area (Å²) in [6.45, 7) is 0. The zero-order valence-electron chi connectivity index (χ0n) is 26.1. The highest BCUT2D eigenvalue weighted by atomic mass is 16.3. The number of hydrogen-bond acceptors (Lipinski definition) is 2. The fourth-order valence-electron chi connectivity index (χ4n) is 7.50. The summed E-state index contributed by atoms with van der Waals surface area (Å²) in [5, 5.41) is 12.3. The van der Waals surface area contributed by atoms with E-state index in [1.165, 1.54) is 54.2 Å². The molecule has 0 aliphatic carbocycles. The molecule has 9 aromatic carbocycles. The average molecular weight is 612 g/mol. The molecule has 0 aliphatic rings. The summed E-state index contributed by atoms with van der Waals surface area (Å²) < 4.78 is 6.48. The van der Waals surface area contributed by atoms with Gasteiger partial charge in [-0.25, -0.2) is 0 Å². The second-order valence-electron chi connectivity index (χ2n) is 12.5. The maximum atomic E-state index is 6.48. The second-order valence-corrected chi connectivity index (χ2v) is 12.5. The van der Waals surface area contributed by atoms with E-state index in [4.69, 9.17) is 4.42 Å². The van der Waals surface area contributed by atoms with Crippen LogP contribution in [0.5, 0.6) is 0 Å². The molecule has 0 atom stereocenters. The molecule has 0 amide bonds. The van der Waals surface area contributed by atoms with Crippen molar-refractivity contribution >= 4 is 82.1 Å². The van der Waals surface area contributed by atoms with Gasteiger partial charge >= 0.3 is 0 Å². The van der Waals surface area contributed by atoms with Crippen LogP contribution in [-0.2, 0) is 0 Å². The number of furan rings is 1. The SMILES string of the molecule is c1ccc(N(c2ccc(-c3cc4c5ccccc5ccc4c4ccccc34)cc2)c2ccc3c(c2)oc2cc4ccccc4cc23)cc1. The van der Waals surface area contributed by atoms with Crippen molar-refractivity contribution in [2.24, 2.45) is 0 Å². The van der Waals surface area contributed by atoms with Crippen molar-refractivity contribution in [2.45, 2.75) is 0 Å². The zero-order valence-corrected chi connectivity index (χ0v) is 26.1. The van der Waals surface area contributed by atoms with Crippen molar-refractivity contribution in [3.05, 3.63) is 176 Å². The van der Waals surface area contributed by atoms with Crippen molar-refractivity contribution in [3.8, 4) is 11.1 Å². The van der Waals surface area contributed by atoms with Crippen LogP contribution in [0.2, 0.25) is 0 Å². The van der Waals surface area contributed by atoms with Gasteiger partial charge in [0, 0.05) is 33.9 Å². The van der Waals surface area contributed by atoms with Gasteiger partial charge in [0.25, 0.3) is 0 Å². The number of nitrogens with zero attached hydrogens (tertiary/aromatic N) is 1. The monoisotopic (exact) mass is 611 g/mol. The van der Waals surface area contributed by atoms with Crippen LogP contribution in [0.15, 0.2) is 180 Å². The molecule has 0 unspecified atom stereocenters. The molecule has 48 heavy (non-hydrogen) atoms. The van der Waals surface area contributed by atoms with Crippen LogP contribution in [-0.4, -0.2) is 0 Å². The van der Waals surface area contributed by atoms with Crippen LogP contribution >= 0.6 is 0 Å². The minimum Gasteiger partial charge on any atom is -0.456 e. The van der Waals surface area contributed by atoms with Crippen LogP contribution < -0.4 is 4.90 Å². The first-order valence-electron chi connectivity index (χ1n) is 16.4. The molecule has 1 aromatic heterocycles. The summed E-state index contributed by atoms with van der Waals surface area (Å²) in [4.78, 5) is 2.30. The molecular formula is C46H29NO. The lowest BCUT2D eigenvalue weighted by Gasteiger charge is -2.25. The molecule has 0 N–H and O–H groups in total. The number of para-hydroxylation sites is 1. The highest BCUT2D eigenvalue weighted by Gasteiger charge is 2.17. The molecule has 0 spiro atoms. The van der Waals surface area contributed by atoms with Crippen molar-refractivity contribution in [2.75, 3.05) is 4.90 Å². The number of hydrogen-bond donors (Lipinski definition) is 0. The quantitative estimate of drug-likeness (QED) is 0.184. The van der Waals surface area contributed by atoms with Gasteiger partial charge in [-0.3, -0.25) is 0 Å². The maximum Gasteiger partial charge on any atom is 0.137 e. The molecule has 1 heterocycles. The highest BCUT2D eigenvalue weighted by Crippen LogP contribution is 2.42. The lowest BCUT2D eigenvalue weighted by Crippen LogP contribution is -2.09. The highest BCUT2D eigenvalue weighted by molar-refractivity contribution is 6.21. The molecule has 10 aromatic rings. The first kappa shape index (κ1) is 26.8. The summed E-state index contributed by atoms with van der Waals surface area (Å²) in [5.41, 5.74) is 7.45. The molecule has 2 heteroatoms. The molecule has 0 aliphatic heterocycles. The zero-order chi connectivity index (χ0) is 31.6. The Kier molecular flexibility index (Phi) is 5.91. The molecule has 224 valence electrons. The van der Waals surface area contributed by atoms with Crippen LogP contribution in [0, 0.1) is 0 Å². The van der Waals surface area contributed by atoms with Gasteiger partial charge in [-0.2, -0.15) is 0 Å². The van der Waals surface area contributed by atoms with E-state index >= 15 is 0 Å². The Morgan fingerprint density at radius 2 is 0.896 bits per heavy atom. The van der Waals surface area contributed by atoms with Gasteiger partial charge in [-0.15, -0.1) is 0 Å². The Labute approximate surface area is 277 Å². The van der Waals surface area contributed by atoms with Crippen molar-refractivity contribution in [1.29, 1.82) is 0 Å². The maximum absolute atomic E-state index is 6.48. The molecule has 0 bridgehead atoms. The van der Waals surface area contributed by atoms with Crippen molar-refractivity contribution < 1.29 is 4.42 Å². The van der Waals surface area contributed by atoms with E-state index < -0.39 is 0 Å². The number of anilines is 3. The van der Waals surface area contributed by atoms with Gasteiger partial charge in [-0.05, 0) is 109 Å². The van der Waals surface area contributed by atoms with Gasteiger partial charge in [0.05, 0.1) is 0 Å². The number of benzene rings is 9. The summed E-state index contributed by atoms with van der Waals surface area (Å²) in [5.74, 6) is 0. The Morgan fingerprint density at radius 1 is 0.312 bits per heavy atom. The van der Waals surface area contributed by atoms with Gasteiger partial charge < -0.3 is 9.32 Å². The third-order valence-electron chi connectivity index (χ3n) is 9.80. The first-order valence-corrected chi connectivity index (χ1v) is 16.4. The van der Waals surface area contributed by atoms with Gasteiger partial charge in [-0.1, -0.05) is 115 Å². The Bertz CT molecular complexity index is 2830. The lowest BCUT2D eigenvalue weighted by molar-refractivity contribution is 0.669. The minimum atomic E-state index is 0.880. The summed E-state index contributed by atoms with van der Waals surface area (Å²) in [6.07, 6.45) is 0. The number of fused-ring (bicyclic) bond motifs is 9. The predicted molar refractivity (Wildman–Crippen MR) is 204 cm³/mol. The Morgan fingerprint density at radius 3 is 1.71 bits per heavy atom. The average Bonchev–Trinajstić information content (AvgIpc) is 3.50. The molecule has 2 nitrogen and oxygen atoms in total. The van der Waals surface area contributed by atoms with E-state index in [9.17, 15) is 0 Å². The van der Waals surface area contributed by atoms with Crippen LogP contribution in [0.25, 0.3) is 76.2 Å². The van der Waals surface area contributed by atoms with Crippen LogP contribution in [0.3, 0.4) is 0 Å². The molecule has 0 saturated heterocycles. The Balaban J connectivity index is 1.12. The molecule has 10 rings (SSSR count). The minimum absolute atomic E-state index is 0.880. The van der Waals surface area contributed by atoms with Crippen LogP contribution in [0.4, 0.5) is 17.1 Å². The third kappa shape index (κ3) is 4.20. The van der Waals surface area contributed by atoms with Gasteiger partial charge in [0.15, 0.2) is 0 Å². The van der Waals surface area contributed by atoms with E-state index in [0.717, 1.165) is 39.0 Å². The fraction of sp³-hybridized carbons (Fsp3) is 0. The van der Waals surface area contributed by atoms with Crippen molar-refractivity contribution in [1.82, 2.24) is 0 Å². The van der Waals surface area contributed by atoms with E-state index in [1.54, 1.807) is 0 Å². The Hall–Kier alpha value is -6.38. The topological polar surface area (TPSA) is 16.4 Å². The lowest BCUT2D eigenvalue weighted by atomic mass is 9.91. The molecular weight excluding hydrogens is 583 g/mol. The molecule has 0 fully saturated rings. The second kappa shape index (κ2) is 10.6. The fourth-order valence-corrected chi connectivity index (χ4v) is 7.50. The standard InChI is InChI=1S/C46H29NO/c1-2-13-34(14-3-1)47(36-23-25-41-44-26-32-11-4-5-12-33(32)27-45(44)48-46(41)28-36)35-21-18-31(19-22-35)42-29-43-37-15-7-6-10-30(37)20-24-40(43)38-16-8-9-17-39(38)42/h1-29H. The molecule has 0 radical (unpaired) electrons. The summed E-state index contributed by atoms with van der Waals surface area (Å²) in [6, 6.07) is 63.3. The number of rotatable bonds is 4. The summed E-state index contributed by atoms with van der Waals surface area (Å²) in [7, 11) is 0.